The third kappa shape index (κ3) is 2.95. The highest BCUT2D eigenvalue weighted by Crippen LogP contribution is 2.15. The number of carbonyl (C=O) groups excluding carboxylic acids is 1. The van der Waals surface area contributed by atoms with Gasteiger partial charge in [-0.1, -0.05) is 0 Å². The highest BCUT2D eigenvalue weighted by molar-refractivity contribution is 5.95. The molecule has 1 amide bonds. The molecule has 1 aromatic carbocycles. The number of amides is 1. The first-order valence-corrected chi connectivity index (χ1v) is 4.76. The number of rotatable bonds is 3. The number of aromatic hydroxyl groups is 1. The largest absolute Gasteiger partial charge is 0.508 e. The van der Waals surface area contributed by atoms with Gasteiger partial charge < -0.3 is 15.5 Å². The molecule has 4 nitrogen and oxygen atoms in total. The van der Waals surface area contributed by atoms with Crippen LogP contribution < -0.4 is 5.32 Å². The summed E-state index contributed by atoms with van der Waals surface area (Å²) in [7, 11) is 0. The monoisotopic (exact) mass is 209 g/mol. The quantitative estimate of drug-likeness (QED) is 0.690. The first kappa shape index (κ1) is 11.5. The van der Waals surface area contributed by atoms with Crippen LogP contribution in [0.25, 0.3) is 0 Å². The molecule has 0 saturated carbocycles. The number of hydrogen-bond acceptors (Lipinski definition) is 3. The highest BCUT2D eigenvalue weighted by atomic mass is 16.3. The van der Waals surface area contributed by atoms with Gasteiger partial charge in [-0.25, -0.2) is 0 Å². The van der Waals surface area contributed by atoms with E-state index in [0.717, 1.165) is 0 Å². The molecule has 0 unspecified atom stereocenters. The van der Waals surface area contributed by atoms with Crippen LogP contribution in [-0.4, -0.2) is 28.8 Å². The van der Waals surface area contributed by atoms with E-state index in [2.05, 4.69) is 5.32 Å². The fourth-order valence-corrected chi connectivity index (χ4v) is 1.25. The Morgan fingerprint density at radius 1 is 1.53 bits per heavy atom. The van der Waals surface area contributed by atoms with Crippen molar-refractivity contribution in [3.63, 3.8) is 0 Å². The number of aliphatic hydroxyl groups excluding tert-OH is 1. The average Bonchev–Trinajstić information content (AvgIpc) is 2.17. The van der Waals surface area contributed by atoms with Crippen LogP contribution in [0.4, 0.5) is 0 Å². The summed E-state index contributed by atoms with van der Waals surface area (Å²) in [6.07, 6.45) is 0. The average molecular weight is 209 g/mol. The van der Waals surface area contributed by atoms with Gasteiger partial charge in [-0.3, -0.25) is 4.79 Å². The minimum atomic E-state index is -0.272. The van der Waals surface area contributed by atoms with E-state index in [9.17, 15) is 9.90 Å². The number of benzene rings is 1. The van der Waals surface area contributed by atoms with Gasteiger partial charge in [-0.15, -0.1) is 0 Å². The summed E-state index contributed by atoms with van der Waals surface area (Å²) in [5.41, 5.74) is 1.21. The van der Waals surface area contributed by atoms with Gasteiger partial charge >= 0.3 is 0 Å². The van der Waals surface area contributed by atoms with Gasteiger partial charge in [0.15, 0.2) is 0 Å². The van der Waals surface area contributed by atoms with Crippen LogP contribution in [0, 0.1) is 6.92 Å². The van der Waals surface area contributed by atoms with Gasteiger partial charge in [0.25, 0.3) is 5.91 Å². The van der Waals surface area contributed by atoms with Gasteiger partial charge in [-0.2, -0.15) is 0 Å². The standard InChI is InChI=1S/C11H15NO3/c1-7-5-9(14)3-4-10(7)11(15)12-8(2)6-13/h3-5,8,13-14H,6H2,1-2H3,(H,12,15)/t8-/m1/s1. The molecule has 0 aromatic heterocycles. The summed E-state index contributed by atoms with van der Waals surface area (Å²) in [5, 5.41) is 20.6. The molecular formula is C11H15NO3. The lowest BCUT2D eigenvalue weighted by Crippen LogP contribution is -2.35. The molecule has 0 spiro atoms. The van der Waals surface area contributed by atoms with Crippen LogP contribution in [0.3, 0.4) is 0 Å². The van der Waals surface area contributed by atoms with Crippen LogP contribution in [0.5, 0.6) is 5.75 Å². The minimum absolute atomic E-state index is 0.0944. The number of hydrogen-bond donors (Lipinski definition) is 3. The number of aryl methyl sites for hydroxylation is 1. The van der Waals surface area contributed by atoms with Crippen molar-refractivity contribution in [2.45, 2.75) is 19.9 Å². The second kappa shape index (κ2) is 4.79. The normalized spacial score (nSPS) is 12.2. The van der Waals surface area contributed by atoms with E-state index in [1.54, 1.807) is 19.9 Å². The summed E-state index contributed by atoms with van der Waals surface area (Å²) < 4.78 is 0. The van der Waals surface area contributed by atoms with E-state index >= 15 is 0 Å². The lowest BCUT2D eigenvalue weighted by atomic mass is 10.1. The summed E-state index contributed by atoms with van der Waals surface area (Å²) in [6.45, 7) is 3.37. The lowest BCUT2D eigenvalue weighted by Gasteiger charge is -2.12. The molecule has 0 bridgehead atoms. The Kier molecular flexibility index (Phi) is 3.68. The molecule has 0 heterocycles. The Labute approximate surface area is 88.6 Å². The number of phenolic OH excluding ortho intramolecular Hbond substituents is 1. The molecule has 0 fully saturated rings. The predicted octanol–water partition coefficient (Wildman–Crippen LogP) is 0.811. The van der Waals surface area contributed by atoms with Crippen LogP contribution in [0.15, 0.2) is 18.2 Å². The van der Waals surface area contributed by atoms with E-state index in [1.165, 1.54) is 12.1 Å². The zero-order valence-electron chi connectivity index (χ0n) is 8.82. The SMILES string of the molecule is Cc1cc(O)ccc1C(=O)N[C@H](C)CO. The Morgan fingerprint density at radius 2 is 2.20 bits per heavy atom. The predicted molar refractivity (Wildman–Crippen MR) is 56.9 cm³/mol. The van der Waals surface area contributed by atoms with E-state index in [-0.39, 0.29) is 24.3 Å². The van der Waals surface area contributed by atoms with Crippen LogP contribution in [0.1, 0.15) is 22.8 Å². The molecule has 0 radical (unpaired) electrons. The molecule has 3 N–H and O–H groups in total. The van der Waals surface area contributed by atoms with Crippen molar-refractivity contribution in [2.75, 3.05) is 6.61 Å². The van der Waals surface area contributed by atoms with E-state index < -0.39 is 0 Å². The van der Waals surface area contributed by atoms with Crippen LogP contribution in [-0.2, 0) is 0 Å². The molecule has 0 aliphatic rings. The zero-order chi connectivity index (χ0) is 11.4. The van der Waals surface area contributed by atoms with Crippen molar-refractivity contribution >= 4 is 5.91 Å². The Balaban J connectivity index is 2.82. The lowest BCUT2D eigenvalue weighted by molar-refractivity contribution is 0.0921. The van der Waals surface area contributed by atoms with Gasteiger partial charge in [0.2, 0.25) is 0 Å². The molecule has 0 aliphatic carbocycles. The summed E-state index contributed by atoms with van der Waals surface area (Å²) >= 11 is 0. The summed E-state index contributed by atoms with van der Waals surface area (Å²) in [4.78, 5) is 11.6. The maximum Gasteiger partial charge on any atom is 0.251 e. The van der Waals surface area contributed by atoms with Crippen LogP contribution >= 0.6 is 0 Å². The minimum Gasteiger partial charge on any atom is -0.508 e. The fourth-order valence-electron chi connectivity index (χ4n) is 1.25. The third-order valence-corrected chi connectivity index (χ3v) is 2.11. The molecule has 1 atom stereocenters. The number of nitrogens with one attached hydrogen (secondary N) is 1. The number of carbonyl (C=O) groups is 1. The maximum absolute atomic E-state index is 11.6. The fraction of sp³-hybridized carbons (Fsp3) is 0.364. The van der Waals surface area contributed by atoms with Gasteiger partial charge in [0.05, 0.1) is 6.61 Å². The number of phenols is 1. The molecule has 1 rings (SSSR count). The first-order chi connectivity index (χ1) is 7.04. The van der Waals surface area contributed by atoms with Crippen molar-refractivity contribution in [3.8, 4) is 5.75 Å². The molecule has 0 saturated heterocycles. The third-order valence-electron chi connectivity index (χ3n) is 2.11. The van der Waals surface area contributed by atoms with Gasteiger partial charge in [0, 0.05) is 11.6 Å². The summed E-state index contributed by atoms with van der Waals surface area (Å²) in [5.74, 6) is -0.103. The van der Waals surface area contributed by atoms with Gasteiger partial charge in [-0.05, 0) is 37.6 Å². The van der Waals surface area contributed by atoms with Crippen molar-refractivity contribution in [2.24, 2.45) is 0 Å². The molecule has 15 heavy (non-hydrogen) atoms. The Morgan fingerprint density at radius 3 is 2.73 bits per heavy atom. The molecule has 0 aliphatic heterocycles. The maximum atomic E-state index is 11.6. The smallest absolute Gasteiger partial charge is 0.251 e. The van der Waals surface area contributed by atoms with Crippen molar-refractivity contribution in [1.29, 1.82) is 0 Å². The van der Waals surface area contributed by atoms with Crippen molar-refractivity contribution in [1.82, 2.24) is 5.32 Å². The number of aliphatic hydroxyl groups is 1. The second-order valence-corrected chi connectivity index (χ2v) is 3.56. The Bertz CT molecular complexity index is 363. The van der Waals surface area contributed by atoms with E-state index in [1.807, 2.05) is 0 Å². The first-order valence-electron chi connectivity index (χ1n) is 4.76. The zero-order valence-corrected chi connectivity index (χ0v) is 8.82. The second-order valence-electron chi connectivity index (χ2n) is 3.56. The Hall–Kier alpha value is -1.55. The topological polar surface area (TPSA) is 69.6 Å². The van der Waals surface area contributed by atoms with E-state index in [4.69, 9.17) is 5.11 Å². The van der Waals surface area contributed by atoms with Crippen molar-refractivity contribution in [3.05, 3.63) is 29.3 Å². The van der Waals surface area contributed by atoms with Gasteiger partial charge in [0.1, 0.15) is 5.75 Å². The van der Waals surface area contributed by atoms with Crippen LogP contribution in [0.2, 0.25) is 0 Å². The molecule has 82 valence electrons. The van der Waals surface area contributed by atoms with E-state index in [0.29, 0.717) is 11.1 Å². The molecular weight excluding hydrogens is 194 g/mol. The highest BCUT2D eigenvalue weighted by Gasteiger charge is 2.11. The molecule has 1 aromatic rings. The summed E-state index contributed by atoms with van der Waals surface area (Å²) in [6, 6.07) is 4.28. The molecule has 4 heteroatoms. The van der Waals surface area contributed by atoms with Crippen molar-refractivity contribution < 1.29 is 15.0 Å².